The molecule has 0 bridgehead atoms. The Morgan fingerprint density at radius 1 is 1.31 bits per heavy atom. The normalized spacial score (nSPS) is 10.6. The van der Waals surface area contributed by atoms with Gasteiger partial charge in [-0.15, -0.1) is 0 Å². The largest absolute Gasteiger partial charge is 0.256 e. The molecule has 0 atom stereocenters. The van der Waals surface area contributed by atoms with Crippen LogP contribution in [0.25, 0.3) is 10.9 Å². The highest BCUT2D eigenvalue weighted by Gasteiger charge is 1.96. The van der Waals surface area contributed by atoms with Gasteiger partial charge in [0.2, 0.25) is 0 Å². The van der Waals surface area contributed by atoms with Crippen molar-refractivity contribution < 1.29 is 0 Å². The van der Waals surface area contributed by atoms with E-state index in [0.29, 0.717) is 0 Å². The number of pyridine rings is 1. The zero-order chi connectivity index (χ0) is 9.26. The summed E-state index contributed by atoms with van der Waals surface area (Å²) in [5.41, 5.74) is 2.25. The van der Waals surface area contributed by atoms with Gasteiger partial charge in [0.25, 0.3) is 0 Å². The maximum Gasteiger partial charge on any atom is 0.0703 e. The van der Waals surface area contributed by atoms with Crippen LogP contribution in [0.3, 0.4) is 0 Å². The van der Waals surface area contributed by atoms with Crippen molar-refractivity contribution in [2.45, 2.75) is 13.3 Å². The molecule has 1 nitrogen and oxygen atoms in total. The highest BCUT2D eigenvalue weighted by Crippen LogP contribution is 2.18. The summed E-state index contributed by atoms with van der Waals surface area (Å²) < 4.78 is 0. The maximum absolute atomic E-state index is 5.89. The van der Waals surface area contributed by atoms with Crippen LogP contribution in [0.15, 0.2) is 30.5 Å². The van der Waals surface area contributed by atoms with E-state index in [-0.39, 0.29) is 0 Å². The van der Waals surface area contributed by atoms with Crippen LogP contribution in [0.5, 0.6) is 0 Å². The van der Waals surface area contributed by atoms with E-state index in [1.807, 2.05) is 24.4 Å². The van der Waals surface area contributed by atoms with Crippen molar-refractivity contribution in [3.05, 3.63) is 41.0 Å². The SMILES string of the molecule is CCc1cnc2ccc(Cl)cc2c1. The minimum Gasteiger partial charge on any atom is -0.256 e. The van der Waals surface area contributed by atoms with E-state index in [2.05, 4.69) is 18.0 Å². The van der Waals surface area contributed by atoms with Crippen molar-refractivity contribution in [3.63, 3.8) is 0 Å². The fraction of sp³-hybridized carbons (Fsp3) is 0.182. The lowest BCUT2D eigenvalue weighted by Crippen LogP contribution is -1.84. The Morgan fingerprint density at radius 3 is 2.92 bits per heavy atom. The van der Waals surface area contributed by atoms with Crippen LogP contribution in [-0.4, -0.2) is 4.98 Å². The first kappa shape index (κ1) is 8.52. The number of halogens is 1. The third-order valence-electron chi connectivity index (χ3n) is 2.11. The molecule has 13 heavy (non-hydrogen) atoms. The van der Waals surface area contributed by atoms with Gasteiger partial charge in [-0.05, 0) is 36.2 Å². The lowest BCUT2D eigenvalue weighted by molar-refractivity contribution is 1.12. The van der Waals surface area contributed by atoms with Crippen LogP contribution in [0.4, 0.5) is 0 Å². The molecule has 0 N–H and O–H groups in total. The van der Waals surface area contributed by atoms with Crippen LogP contribution >= 0.6 is 11.6 Å². The van der Waals surface area contributed by atoms with Gasteiger partial charge in [-0.3, -0.25) is 4.98 Å². The molecule has 0 saturated heterocycles. The van der Waals surface area contributed by atoms with Gasteiger partial charge < -0.3 is 0 Å². The summed E-state index contributed by atoms with van der Waals surface area (Å²) in [5, 5.41) is 1.88. The summed E-state index contributed by atoms with van der Waals surface area (Å²) in [7, 11) is 0. The van der Waals surface area contributed by atoms with E-state index in [9.17, 15) is 0 Å². The van der Waals surface area contributed by atoms with E-state index >= 15 is 0 Å². The predicted molar refractivity (Wildman–Crippen MR) is 56.1 cm³/mol. The number of aromatic nitrogens is 1. The Morgan fingerprint density at radius 2 is 2.15 bits per heavy atom. The second-order valence-corrected chi connectivity index (χ2v) is 3.47. The van der Waals surface area contributed by atoms with Crippen molar-refractivity contribution in [1.29, 1.82) is 0 Å². The average molecular weight is 192 g/mol. The molecule has 0 aliphatic rings. The Hall–Kier alpha value is -1.08. The van der Waals surface area contributed by atoms with Gasteiger partial charge in [0, 0.05) is 16.6 Å². The lowest BCUT2D eigenvalue weighted by Gasteiger charge is -2.00. The zero-order valence-corrected chi connectivity index (χ0v) is 8.17. The molecule has 0 unspecified atom stereocenters. The molecule has 2 heteroatoms. The van der Waals surface area contributed by atoms with Gasteiger partial charge in [-0.2, -0.15) is 0 Å². The van der Waals surface area contributed by atoms with Gasteiger partial charge in [0.15, 0.2) is 0 Å². The summed E-state index contributed by atoms with van der Waals surface area (Å²) in [6.07, 6.45) is 2.92. The number of fused-ring (bicyclic) bond motifs is 1. The summed E-state index contributed by atoms with van der Waals surface area (Å²) >= 11 is 5.89. The molecule has 2 aromatic rings. The van der Waals surface area contributed by atoms with Crippen LogP contribution in [-0.2, 0) is 6.42 Å². The smallest absolute Gasteiger partial charge is 0.0703 e. The molecule has 0 aliphatic carbocycles. The Balaban J connectivity index is 2.68. The molecule has 1 heterocycles. The molecule has 0 radical (unpaired) electrons. The molecular weight excluding hydrogens is 182 g/mol. The van der Waals surface area contributed by atoms with Gasteiger partial charge in [-0.1, -0.05) is 18.5 Å². The van der Waals surface area contributed by atoms with Crippen molar-refractivity contribution in [2.24, 2.45) is 0 Å². The predicted octanol–water partition coefficient (Wildman–Crippen LogP) is 3.45. The number of nitrogens with zero attached hydrogens (tertiary/aromatic N) is 1. The molecule has 2 rings (SSSR count). The van der Waals surface area contributed by atoms with E-state index < -0.39 is 0 Å². The lowest BCUT2D eigenvalue weighted by atomic mass is 10.1. The van der Waals surface area contributed by atoms with Crippen LogP contribution in [0.1, 0.15) is 12.5 Å². The van der Waals surface area contributed by atoms with Crippen molar-refractivity contribution >= 4 is 22.5 Å². The van der Waals surface area contributed by atoms with E-state index in [4.69, 9.17) is 11.6 Å². The maximum atomic E-state index is 5.89. The van der Waals surface area contributed by atoms with E-state index in [1.165, 1.54) is 5.56 Å². The number of rotatable bonds is 1. The summed E-state index contributed by atoms with van der Waals surface area (Å²) in [6, 6.07) is 7.89. The van der Waals surface area contributed by atoms with Gasteiger partial charge >= 0.3 is 0 Å². The molecule has 0 saturated carbocycles. The fourth-order valence-electron chi connectivity index (χ4n) is 1.34. The highest BCUT2D eigenvalue weighted by atomic mass is 35.5. The molecule has 0 amide bonds. The first-order chi connectivity index (χ1) is 6.29. The highest BCUT2D eigenvalue weighted by molar-refractivity contribution is 6.31. The van der Waals surface area contributed by atoms with Crippen molar-refractivity contribution in [1.82, 2.24) is 4.98 Å². The molecule has 0 spiro atoms. The molecule has 0 fully saturated rings. The van der Waals surface area contributed by atoms with E-state index in [0.717, 1.165) is 22.3 Å². The minimum absolute atomic E-state index is 0.766. The Labute approximate surface area is 82.4 Å². The molecule has 0 aliphatic heterocycles. The van der Waals surface area contributed by atoms with Gasteiger partial charge in [0.1, 0.15) is 0 Å². The monoisotopic (exact) mass is 191 g/mol. The average Bonchev–Trinajstić information content (AvgIpc) is 2.16. The topological polar surface area (TPSA) is 12.9 Å². The third-order valence-corrected chi connectivity index (χ3v) is 2.34. The standard InChI is InChI=1S/C11H10ClN/c1-2-8-5-9-6-10(12)3-4-11(9)13-7-8/h3-7H,2H2,1H3. The van der Waals surface area contributed by atoms with Crippen LogP contribution < -0.4 is 0 Å². The number of hydrogen-bond acceptors (Lipinski definition) is 1. The molecular formula is C11H10ClN. The van der Waals surface area contributed by atoms with E-state index in [1.54, 1.807) is 0 Å². The fourth-order valence-corrected chi connectivity index (χ4v) is 1.52. The quantitative estimate of drug-likeness (QED) is 0.673. The molecule has 66 valence electrons. The van der Waals surface area contributed by atoms with Gasteiger partial charge in [-0.25, -0.2) is 0 Å². The molecule has 1 aromatic carbocycles. The number of benzene rings is 1. The minimum atomic E-state index is 0.766. The second-order valence-electron chi connectivity index (χ2n) is 3.03. The number of aryl methyl sites for hydroxylation is 1. The Kier molecular flexibility index (Phi) is 2.19. The first-order valence-corrected chi connectivity index (χ1v) is 4.71. The van der Waals surface area contributed by atoms with Gasteiger partial charge in [0.05, 0.1) is 5.52 Å². The zero-order valence-electron chi connectivity index (χ0n) is 7.42. The summed E-state index contributed by atoms with van der Waals surface area (Å²) in [5.74, 6) is 0. The number of hydrogen-bond donors (Lipinski definition) is 0. The third kappa shape index (κ3) is 1.65. The van der Waals surface area contributed by atoms with Crippen LogP contribution in [0, 0.1) is 0 Å². The Bertz CT molecular complexity index is 437. The summed E-state index contributed by atoms with van der Waals surface area (Å²) in [4.78, 5) is 4.33. The second kappa shape index (κ2) is 3.35. The first-order valence-electron chi connectivity index (χ1n) is 4.34. The van der Waals surface area contributed by atoms with Crippen LogP contribution in [0.2, 0.25) is 5.02 Å². The van der Waals surface area contributed by atoms with Crippen molar-refractivity contribution in [3.8, 4) is 0 Å². The van der Waals surface area contributed by atoms with Crippen molar-refractivity contribution in [2.75, 3.05) is 0 Å². The summed E-state index contributed by atoms with van der Waals surface area (Å²) in [6.45, 7) is 2.12. The molecule has 1 aromatic heterocycles.